The van der Waals surface area contributed by atoms with Gasteiger partial charge in [-0.2, -0.15) is 0 Å². The molecule has 2 heterocycles. The molecule has 156 valence electrons. The Hall–Kier alpha value is -1.59. The number of benzene rings is 1. The lowest BCUT2D eigenvalue weighted by molar-refractivity contribution is -0.0859. The van der Waals surface area contributed by atoms with E-state index in [0.29, 0.717) is 18.9 Å². The molecule has 2 atom stereocenters. The maximum atomic E-state index is 12.7. The van der Waals surface area contributed by atoms with Gasteiger partial charge >= 0.3 is 6.09 Å². The van der Waals surface area contributed by atoms with Crippen LogP contribution in [-0.2, 0) is 4.74 Å². The van der Waals surface area contributed by atoms with Crippen LogP contribution in [0.3, 0.4) is 0 Å². The number of carbonyl (C=O) groups excluding carboxylic acids is 1. The van der Waals surface area contributed by atoms with Crippen LogP contribution >= 0.6 is 0 Å². The first-order valence-corrected chi connectivity index (χ1v) is 10.6. The molecule has 28 heavy (non-hydrogen) atoms. The zero-order chi connectivity index (χ0) is 20.5. The van der Waals surface area contributed by atoms with Gasteiger partial charge in [0.25, 0.3) is 0 Å². The van der Waals surface area contributed by atoms with Gasteiger partial charge in [0.05, 0.1) is 11.6 Å². The smallest absolute Gasteiger partial charge is 0.410 e. The number of nitrogens with zero attached hydrogens (tertiary/aromatic N) is 2. The third kappa shape index (κ3) is 5.06. The average molecular weight is 389 g/mol. The van der Waals surface area contributed by atoms with Crippen LogP contribution < -0.4 is 0 Å². The van der Waals surface area contributed by atoms with Crippen molar-refractivity contribution < 1.29 is 14.6 Å². The Morgan fingerprint density at radius 2 is 1.82 bits per heavy atom. The van der Waals surface area contributed by atoms with E-state index in [9.17, 15) is 9.90 Å². The molecule has 2 aliphatic heterocycles. The Balaban J connectivity index is 1.63. The van der Waals surface area contributed by atoms with Gasteiger partial charge in [-0.3, -0.25) is 0 Å². The third-order valence-corrected chi connectivity index (χ3v) is 6.33. The minimum absolute atomic E-state index is 0.0225. The second-order valence-electron chi connectivity index (χ2n) is 9.67. The molecule has 2 aliphatic rings. The molecule has 3 rings (SSSR count). The van der Waals surface area contributed by atoms with E-state index in [1.165, 1.54) is 18.4 Å². The summed E-state index contributed by atoms with van der Waals surface area (Å²) in [5.74, 6) is 0.642. The zero-order valence-corrected chi connectivity index (χ0v) is 18.1. The number of carbonyl (C=O) groups is 1. The van der Waals surface area contributed by atoms with E-state index in [0.717, 1.165) is 25.1 Å². The first-order valence-electron chi connectivity index (χ1n) is 10.6. The topological polar surface area (TPSA) is 53.0 Å². The minimum atomic E-state index is -0.855. The zero-order valence-electron chi connectivity index (χ0n) is 18.1. The van der Waals surface area contributed by atoms with E-state index >= 15 is 0 Å². The lowest BCUT2D eigenvalue weighted by Crippen LogP contribution is -2.51. The van der Waals surface area contributed by atoms with Crippen LogP contribution in [0.25, 0.3) is 0 Å². The number of amides is 1. The summed E-state index contributed by atoms with van der Waals surface area (Å²) in [7, 11) is 2.19. The van der Waals surface area contributed by atoms with Crippen LogP contribution in [0.4, 0.5) is 4.79 Å². The van der Waals surface area contributed by atoms with Crippen LogP contribution in [0.2, 0.25) is 0 Å². The lowest BCUT2D eigenvalue weighted by Gasteiger charge is -2.43. The van der Waals surface area contributed by atoms with E-state index in [4.69, 9.17) is 4.74 Å². The molecule has 2 saturated heterocycles. The molecule has 1 amide bonds. The van der Waals surface area contributed by atoms with E-state index in [1.807, 2.05) is 6.92 Å². The largest absolute Gasteiger partial charge is 0.443 e. The van der Waals surface area contributed by atoms with Gasteiger partial charge in [-0.15, -0.1) is 0 Å². The fourth-order valence-corrected chi connectivity index (χ4v) is 4.73. The van der Waals surface area contributed by atoms with Gasteiger partial charge in [0.1, 0.15) is 5.60 Å². The summed E-state index contributed by atoms with van der Waals surface area (Å²) < 4.78 is 5.76. The highest BCUT2D eigenvalue weighted by Gasteiger charge is 2.41. The molecule has 0 spiro atoms. The molecule has 5 nitrogen and oxygen atoms in total. The fraction of sp³-hybridized carbons (Fsp3) is 0.696. The van der Waals surface area contributed by atoms with Crippen LogP contribution in [0.5, 0.6) is 0 Å². The van der Waals surface area contributed by atoms with Gasteiger partial charge in [-0.1, -0.05) is 24.3 Å². The molecule has 0 saturated carbocycles. The maximum Gasteiger partial charge on any atom is 0.410 e. The normalized spacial score (nSPS) is 26.2. The van der Waals surface area contributed by atoms with Crippen molar-refractivity contribution in [2.45, 2.75) is 76.5 Å². The Kier molecular flexibility index (Phi) is 6.06. The predicted octanol–water partition coefficient (Wildman–Crippen LogP) is 4.32. The minimum Gasteiger partial charge on any atom is -0.443 e. The summed E-state index contributed by atoms with van der Waals surface area (Å²) in [6.07, 6.45) is 3.30. The molecule has 0 aromatic heterocycles. The first kappa shape index (κ1) is 21.1. The molecule has 2 fully saturated rings. The van der Waals surface area contributed by atoms with Gasteiger partial charge in [0.15, 0.2) is 0 Å². The fourth-order valence-electron chi connectivity index (χ4n) is 4.73. The van der Waals surface area contributed by atoms with E-state index in [2.05, 4.69) is 43.1 Å². The summed E-state index contributed by atoms with van der Waals surface area (Å²) in [5.41, 5.74) is 1.08. The number of cyclic esters (lactones) is 1. The van der Waals surface area contributed by atoms with Gasteiger partial charge in [0, 0.05) is 19.4 Å². The van der Waals surface area contributed by atoms with Crippen molar-refractivity contribution in [1.29, 1.82) is 0 Å². The van der Waals surface area contributed by atoms with Crippen LogP contribution in [0.15, 0.2) is 24.3 Å². The van der Waals surface area contributed by atoms with Crippen molar-refractivity contribution in [2.75, 3.05) is 26.7 Å². The summed E-state index contributed by atoms with van der Waals surface area (Å²) in [4.78, 5) is 16.9. The molecule has 5 heteroatoms. The van der Waals surface area contributed by atoms with Gasteiger partial charge in [-0.05, 0) is 77.7 Å². The number of rotatable bonds is 5. The van der Waals surface area contributed by atoms with Crippen LogP contribution in [-0.4, -0.2) is 58.9 Å². The Morgan fingerprint density at radius 3 is 2.36 bits per heavy atom. The van der Waals surface area contributed by atoms with E-state index in [1.54, 1.807) is 18.7 Å². The van der Waals surface area contributed by atoms with Crippen molar-refractivity contribution in [3.05, 3.63) is 35.4 Å². The molecule has 0 aliphatic carbocycles. The number of hydrogen-bond donors (Lipinski definition) is 1. The summed E-state index contributed by atoms with van der Waals surface area (Å²) >= 11 is 0. The van der Waals surface area contributed by atoms with Crippen molar-refractivity contribution >= 4 is 6.09 Å². The van der Waals surface area contributed by atoms with Gasteiger partial charge < -0.3 is 19.6 Å². The highest BCUT2D eigenvalue weighted by molar-refractivity contribution is 5.69. The number of piperidine rings is 1. The first-order chi connectivity index (χ1) is 13.1. The standard InChI is InChI=1S/C23H36N2O3/c1-17(25-15-12-23(4,28-21(25)26)16-22(2,3)27)18-6-8-19(9-7-18)20-10-13-24(5)14-11-20/h6-9,17,20,27H,10-16H2,1-5H3/t17-,23-/m0/s1. The molecule has 1 N–H and O–H groups in total. The molecule has 1 aromatic rings. The summed E-state index contributed by atoms with van der Waals surface area (Å²) in [6.45, 7) is 10.5. The SMILES string of the molecule is C[C@@H](c1ccc(C2CCN(C)CC2)cc1)N1CC[C@@](C)(CC(C)(C)O)OC1=O. The van der Waals surface area contributed by atoms with Crippen molar-refractivity contribution in [3.63, 3.8) is 0 Å². The lowest BCUT2D eigenvalue weighted by atomic mass is 9.86. The van der Waals surface area contributed by atoms with Crippen molar-refractivity contribution in [1.82, 2.24) is 9.80 Å². The van der Waals surface area contributed by atoms with Crippen LogP contribution in [0.1, 0.15) is 76.5 Å². The Bertz CT molecular complexity index is 674. The quantitative estimate of drug-likeness (QED) is 0.816. The number of hydrogen-bond acceptors (Lipinski definition) is 4. The monoisotopic (exact) mass is 388 g/mol. The van der Waals surface area contributed by atoms with Crippen molar-refractivity contribution in [2.24, 2.45) is 0 Å². The highest BCUT2D eigenvalue weighted by atomic mass is 16.6. The number of ether oxygens (including phenoxy) is 1. The Morgan fingerprint density at radius 1 is 1.21 bits per heavy atom. The highest BCUT2D eigenvalue weighted by Crippen LogP contribution is 2.35. The number of likely N-dealkylation sites (tertiary alicyclic amines) is 1. The molecule has 0 radical (unpaired) electrons. The van der Waals surface area contributed by atoms with Gasteiger partial charge in [-0.25, -0.2) is 4.79 Å². The Labute approximate surface area is 169 Å². The van der Waals surface area contributed by atoms with E-state index < -0.39 is 11.2 Å². The molecule has 0 bridgehead atoms. The molecular weight excluding hydrogens is 352 g/mol. The maximum absolute atomic E-state index is 12.7. The number of aliphatic hydroxyl groups is 1. The second-order valence-corrected chi connectivity index (χ2v) is 9.67. The summed E-state index contributed by atoms with van der Waals surface area (Å²) in [5, 5.41) is 10.1. The van der Waals surface area contributed by atoms with Crippen LogP contribution in [0, 0.1) is 0 Å². The molecule has 0 unspecified atom stereocenters. The molecular formula is C23H36N2O3. The predicted molar refractivity (Wildman–Crippen MR) is 111 cm³/mol. The molecule has 1 aromatic carbocycles. The third-order valence-electron chi connectivity index (χ3n) is 6.33. The summed E-state index contributed by atoms with van der Waals surface area (Å²) in [6, 6.07) is 8.77. The van der Waals surface area contributed by atoms with Gasteiger partial charge in [0.2, 0.25) is 0 Å². The van der Waals surface area contributed by atoms with E-state index in [-0.39, 0.29) is 12.1 Å². The average Bonchev–Trinajstić information content (AvgIpc) is 2.60. The second kappa shape index (κ2) is 8.03. The van der Waals surface area contributed by atoms with Crippen molar-refractivity contribution in [3.8, 4) is 0 Å².